The molecule has 5 nitrogen and oxygen atoms in total. The Hall–Kier alpha value is -2.70. The molecule has 31 heavy (non-hydrogen) atoms. The molecule has 0 spiro atoms. The van der Waals surface area contributed by atoms with Crippen LogP contribution in [-0.4, -0.2) is 44.3 Å². The Morgan fingerprint density at radius 1 is 0.935 bits per heavy atom. The number of aromatic nitrogens is 1. The number of pyridine rings is 1. The highest BCUT2D eigenvalue weighted by Gasteiger charge is 2.20. The van der Waals surface area contributed by atoms with Gasteiger partial charge in [0.2, 0.25) is 5.88 Å². The fourth-order valence-electron chi connectivity index (χ4n) is 3.89. The molecule has 0 amide bonds. The van der Waals surface area contributed by atoms with E-state index in [1.54, 1.807) is 30.5 Å². The highest BCUT2D eigenvalue weighted by molar-refractivity contribution is 7.90. The van der Waals surface area contributed by atoms with Crippen LogP contribution in [0.25, 0.3) is 11.1 Å². The van der Waals surface area contributed by atoms with Crippen molar-refractivity contribution in [1.29, 1.82) is 0 Å². The zero-order valence-electron chi connectivity index (χ0n) is 17.8. The van der Waals surface area contributed by atoms with Gasteiger partial charge in [-0.1, -0.05) is 42.5 Å². The lowest BCUT2D eigenvalue weighted by molar-refractivity contribution is 0.134. The summed E-state index contributed by atoms with van der Waals surface area (Å²) in [5.41, 5.74) is 3.23. The van der Waals surface area contributed by atoms with E-state index in [0.29, 0.717) is 23.3 Å². The summed E-state index contributed by atoms with van der Waals surface area (Å²) in [5.74, 6) is 1.18. The highest BCUT2D eigenvalue weighted by atomic mass is 32.2. The van der Waals surface area contributed by atoms with Crippen LogP contribution in [0.2, 0.25) is 0 Å². The molecular formula is C25H28N2O3S. The number of hydrogen-bond donors (Lipinski definition) is 0. The van der Waals surface area contributed by atoms with Crippen molar-refractivity contribution in [3.05, 3.63) is 78.5 Å². The van der Waals surface area contributed by atoms with Gasteiger partial charge in [-0.25, -0.2) is 13.4 Å². The molecule has 0 N–H and O–H groups in total. The van der Waals surface area contributed by atoms with Gasteiger partial charge in [-0.05, 0) is 61.2 Å². The third-order valence-electron chi connectivity index (χ3n) is 5.78. The SMILES string of the molecule is CS(=O)(=O)c1ccc(-c2ccc(OCC3CCN(Cc4ccccc4)CC3)nc2)cc1. The summed E-state index contributed by atoms with van der Waals surface area (Å²) in [6.45, 7) is 3.90. The van der Waals surface area contributed by atoms with Gasteiger partial charge in [-0.3, -0.25) is 4.90 Å². The van der Waals surface area contributed by atoms with Crippen molar-refractivity contribution in [3.63, 3.8) is 0 Å². The molecule has 1 aliphatic heterocycles. The second-order valence-corrected chi connectivity index (χ2v) is 10.2. The molecule has 2 heterocycles. The molecule has 0 saturated carbocycles. The largest absolute Gasteiger partial charge is 0.477 e. The molecule has 4 rings (SSSR count). The van der Waals surface area contributed by atoms with Crippen molar-refractivity contribution in [2.75, 3.05) is 26.0 Å². The summed E-state index contributed by atoms with van der Waals surface area (Å²) in [5, 5.41) is 0. The Labute approximate surface area is 184 Å². The number of piperidine rings is 1. The monoisotopic (exact) mass is 436 g/mol. The number of benzene rings is 2. The van der Waals surface area contributed by atoms with E-state index < -0.39 is 9.84 Å². The smallest absolute Gasteiger partial charge is 0.213 e. The van der Waals surface area contributed by atoms with E-state index in [-0.39, 0.29) is 0 Å². The molecule has 1 aromatic heterocycles. The van der Waals surface area contributed by atoms with Crippen LogP contribution in [0.15, 0.2) is 77.8 Å². The van der Waals surface area contributed by atoms with E-state index >= 15 is 0 Å². The van der Waals surface area contributed by atoms with E-state index in [0.717, 1.165) is 43.6 Å². The summed E-state index contributed by atoms with van der Waals surface area (Å²) >= 11 is 0. The molecule has 0 radical (unpaired) electrons. The van der Waals surface area contributed by atoms with Crippen LogP contribution in [0.4, 0.5) is 0 Å². The first kappa shape index (κ1) is 21.5. The van der Waals surface area contributed by atoms with E-state index in [9.17, 15) is 8.42 Å². The molecule has 1 aliphatic rings. The second-order valence-electron chi connectivity index (χ2n) is 8.20. The quantitative estimate of drug-likeness (QED) is 0.548. The molecule has 0 atom stereocenters. The zero-order valence-corrected chi connectivity index (χ0v) is 18.6. The fraction of sp³-hybridized carbons (Fsp3) is 0.320. The molecular weight excluding hydrogens is 408 g/mol. The highest BCUT2D eigenvalue weighted by Crippen LogP contribution is 2.24. The Bertz CT molecular complexity index is 1070. The van der Waals surface area contributed by atoms with Gasteiger partial charge in [0.05, 0.1) is 11.5 Å². The third-order valence-corrected chi connectivity index (χ3v) is 6.90. The minimum absolute atomic E-state index is 0.318. The molecule has 0 bridgehead atoms. The lowest BCUT2D eigenvalue weighted by Crippen LogP contribution is -2.35. The summed E-state index contributed by atoms with van der Waals surface area (Å²) in [7, 11) is -3.18. The van der Waals surface area contributed by atoms with Crippen LogP contribution in [-0.2, 0) is 16.4 Å². The number of sulfone groups is 1. The van der Waals surface area contributed by atoms with E-state index in [1.165, 1.54) is 11.8 Å². The van der Waals surface area contributed by atoms with Gasteiger partial charge < -0.3 is 4.74 Å². The summed E-state index contributed by atoms with van der Waals surface area (Å²) < 4.78 is 29.1. The van der Waals surface area contributed by atoms with Gasteiger partial charge in [0.25, 0.3) is 0 Å². The maximum absolute atomic E-state index is 11.6. The van der Waals surface area contributed by atoms with Crippen molar-refractivity contribution in [1.82, 2.24) is 9.88 Å². The number of rotatable bonds is 7. The number of ether oxygens (including phenoxy) is 1. The lowest BCUT2D eigenvalue weighted by atomic mass is 9.97. The topological polar surface area (TPSA) is 59.5 Å². The van der Waals surface area contributed by atoms with Crippen LogP contribution in [0.3, 0.4) is 0 Å². The molecule has 162 valence electrons. The maximum Gasteiger partial charge on any atom is 0.213 e. The van der Waals surface area contributed by atoms with Crippen molar-refractivity contribution in [2.24, 2.45) is 5.92 Å². The lowest BCUT2D eigenvalue weighted by Gasteiger charge is -2.31. The predicted molar refractivity (Wildman–Crippen MR) is 123 cm³/mol. The van der Waals surface area contributed by atoms with Gasteiger partial charge in [-0.15, -0.1) is 0 Å². The first-order chi connectivity index (χ1) is 15.0. The average Bonchev–Trinajstić information content (AvgIpc) is 2.79. The van der Waals surface area contributed by atoms with Crippen molar-refractivity contribution in [2.45, 2.75) is 24.3 Å². The van der Waals surface area contributed by atoms with Crippen LogP contribution < -0.4 is 4.74 Å². The average molecular weight is 437 g/mol. The minimum atomic E-state index is -3.18. The minimum Gasteiger partial charge on any atom is -0.477 e. The normalized spacial score (nSPS) is 15.6. The van der Waals surface area contributed by atoms with Gasteiger partial charge in [0.15, 0.2) is 9.84 Å². The van der Waals surface area contributed by atoms with Crippen LogP contribution in [0, 0.1) is 5.92 Å². The fourth-order valence-corrected chi connectivity index (χ4v) is 4.52. The zero-order chi connectivity index (χ0) is 21.7. The number of nitrogens with zero attached hydrogens (tertiary/aromatic N) is 2. The molecule has 0 aliphatic carbocycles. The summed E-state index contributed by atoms with van der Waals surface area (Å²) in [6, 6.07) is 21.3. The van der Waals surface area contributed by atoms with Crippen molar-refractivity contribution < 1.29 is 13.2 Å². The van der Waals surface area contributed by atoms with E-state index in [2.05, 4.69) is 40.2 Å². The van der Waals surface area contributed by atoms with Crippen LogP contribution in [0.5, 0.6) is 5.88 Å². The molecule has 3 aromatic rings. The molecule has 1 saturated heterocycles. The van der Waals surface area contributed by atoms with Crippen LogP contribution >= 0.6 is 0 Å². The predicted octanol–water partition coefficient (Wildman–Crippen LogP) is 4.44. The van der Waals surface area contributed by atoms with Gasteiger partial charge >= 0.3 is 0 Å². The number of likely N-dealkylation sites (tertiary alicyclic amines) is 1. The van der Waals surface area contributed by atoms with E-state index in [4.69, 9.17) is 4.74 Å². The first-order valence-electron chi connectivity index (χ1n) is 10.6. The third kappa shape index (κ3) is 5.93. The molecule has 6 heteroatoms. The Kier molecular flexibility index (Phi) is 6.68. The summed E-state index contributed by atoms with van der Waals surface area (Å²) in [6.07, 6.45) is 5.26. The molecule has 1 fully saturated rings. The maximum atomic E-state index is 11.6. The Morgan fingerprint density at radius 3 is 2.23 bits per heavy atom. The van der Waals surface area contributed by atoms with E-state index in [1.807, 2.05) is 12.1 Å². The van der Waals surface area contributed by atoms with Gasteiger partial charge in [-0.2, -0.15) is 0 Å². The van der Waals surface area contributed by atoms with Gasteiger partial charge in [0, 0.05) is 30.6 Å². The second kappa shape index (κ2) is 9.62. The molecule has 2 aromatic carbocycles. The van der Waals surface area contributed by atoms with Crippen molar-refractivity contribution >= 4 is 9.84 Å². The first-order valence-corrected chi connectivity index (χ1v) is 12.5. The van der Waals surface area contributed by atoms with Gasteiger partial charge in [0.1, 0.15) is 0 Å². The van der Waals surface area contributed by atoms with Crippen molar-refractivity contribution in [3.8, 4) is 17.0 Å². The Morgan fingerprint density at radius 2 is 1.61 bits per heavy atom. The Balaban J connectivity index is 1.25. The molecule has 0 unspecified atom stereocenters. The number of hydrogen-bond acceptors (Lipinski definition) is 5. The van der Waals surface area contributed by atoms with Crippen LogP contribution in [0.1, 0.15) is 18.4 Å². The standard InChI is InChI=1S/C25H28N2O3S/c1-31(28,29)24-10-7-22(8-11-24)23-9-12-25(26-17-23)30-19-21-13-15-27(16-14-21)18-20-5-3-2-4-6-20/h2-12,17,21H,13-16,18-19H2,1H3. The summed E-state index contributed by atoms with van der Waals surface area (Å²) in [4.78, 5) is 7.26.